The number of ether oxygens (including phenoxy) is 1. The van der Waals surface area contributed by atoms with Gasteiger partial charge in [-0.05, 0) is 112 Å². The normalized spacial score (nSPS) is 44.2. The van der Waals surface area contributed by atoms with Crippen LogP contribution in [0.25, 0.3) is 0 Å². The standard InChI is InChI=1S/C32H54O4/c1-5-6-7-8-9-10-11-12-13-14-29(35)36-24-15-16-31(3)23(18-24)19-27(33)30-25-17-22(2)21-32(25,4)28(34)20-26(30)31/h5-6,22-28,30,33-34H,7-21H2,1-4H3/t22-,23+,24+,25-,26?,27-,28?,30+,31?,32?/m1/s1. The Kier molecular flexibility index (Phi) is 9.30. The highest BCUT2D eigenvalue weighted by Crippen LogP contribution is 2.67. The van der Waals surface area contributed by atoms with Gasteiger partial charge in [-0.25, -0.2) is 0 Å². The highest BCUT2D eigenvalue weighted by molar-refractivity contribution is 5.69. The van der Waals surface area contributed by atoms with Crippen LogP contribution in [0.3, 0.4) is 0 Å². The van der Waals surface area contributed by atoms with Crippen LogP contribution < -0.4 is 0 Å². The van der Waals surface area contributed by atoms with Crippen molar-refractivity contribution in [2.24, 2.45) is 40.4 Å². The summed E-state index contributed by atoms with van der Waals surface area (Å²) in [6.07, 6.45) is 19.3. The van der Waals surface area contributed by atoms with Crippen molar-refractivity contribution >= 4 is 5.97 Å². The highest BCUT2D eigenvalue weighted by Gasteiger charge is 2.64. The lowest BCUT2D eigenvalue weighted by Gasteiger charge is -2.62. The number of rotatable bonds is 10. The van der Waals surface area contributed by atoms with Gasteiger partial charge in [0.2, 0.25) is 0 Å². The molecule has 0 aromatic rings. The van der Waals surface area contributed by atoms with Gasteiger partial charge in [-0.15, -0.1) is 0 Å². The van der Waals surface area contributed by atoms with Crippen LogP contribution in [0, 0.1) is 40.4 Å². The summed E-state index contributed by atoms with van der Waals surface area (Å²) < 4.78 is 5.97. The van der Waals surface area contributed by atoms with Crippen LogP contribution in [0.15, 0.2) is 12.2 Å². The van der Waals surface area contributed by atoms with E-state index in [1.54, 1.807) is 0 Å². The molecule has 0 bridgehead atoms. The molecular weight excluding hydrogens is 448 g/mol. The molecule has 4 unspecified atom stereocenters. The minimum atomic E-state index is -0.289. The van der Waals surface area contributed by atoms with E-state index in [-0.39, 0.29) is 35.1 Å². The van der Waals surface area contributed by atoms with Crippen LogP contribution in [0.5, 0.6) is 0 Å². The Labute approximate surface area is 220 Å². The first-order valence-corrected chi connectivity index (χ1v) is 15.4. The summed E-state index contributed by atoms with van der Waals surface area (Å²) in [6.45, 7) is 9.10. The molecule has 0 amide bonds. The monoisotopic (exact) mass is 502 g/mol. The average molecular weight is 503 g/mol. The number of carbonyl (C=O) groups is 1. The molecule has 4 aliphatic rings. The molecule has 4 rings (SSSR count). The minimum Gasteiger partial charge on any atom is -0.462 e. The van der Waals surface area contributed by atoms with Crippen LogP contribution in [0.4, 0.5) is 0 Å². The fourth-order valence-electron chi connectivity index (χ4n) is 9.30. The molecule has 0 heterocycles. The quantitative estimate of drug-likeness (QED) is 0.188. The van der Waals surface area contributed by atoms with E-state index in [2.05, 4.69) is 39.8 Å². The van der Waals surface area contributed by atoms with Gasteiger partial charge in [-0.3, -0.25) is 4.79 Å². The van der Waals surface area contributed by atoms with Gasteiger partial charge in [-0.2, -0.15) is 0 Å². The Morgan fingerprint density at radius 2 is 1.64 bits per heavy atom. The number of fused-ring (bicyclic) bond motifs is 5. The molecule has 4 fully saturated rings. The Bertz CT molecular complexity index is 763. The summed E-state index contributed by atoms with van der Waals surface area (Å²) in [4.78, 5) is 12.6. The molecule has 0 spiro atoms. The van der Waals surface area contributed by atoms with Crippen molar-refractivity contribution in [3.05, 3.63) is 12.2 Å². The van der Waals surface area contributed by atoms with Crippen molar-refractivity contribution < 1.29 is 19.7 Å². The third kappa shape index (κ3) is 5.75. The molecule has 0 aromatic carbocycles. The van der Waals surface area contributed by atoms with Crippen molar-refractivity contribution in [1.82, 2.24) is 0 Å². The predicted molar refractivity (Wildman–Crippen MR) is 145 cm³/mol. The van der Waals surface area contributed by atoms with Crippen molar-refractivity contribution in [3.63, 3.8) is 0 Å². The van der Waals surface area contributed by atoms with Crippen molar-refractivity contribution in [2.75, 3.05) is 0 Å². The molecule has 10 atom stereocenters. The lowest BCUT2D eigenvalue weighted by atomic mass is 9.44. The lowest BCUT2D eigenvalue weighted by Crippen LogP contribution is -2.61. The largest absolute Gasteiger partial charge is 0.462 e. The van der Waals surface area contributed by atoms with E-state index in [9.17, 15) is 15.0 Å². The summed E-state index contributed by atoms with van der Waals surface area (Å²) in [7, 11) is 0. The van der Waals surface area contributed by atoms with E-state index in [1.807, 2.05) is 0 Å². The summed E-state index contributed by atoms with van der Waals surface area (Å²) in [5.41, 5.74) is 0.0950. The lowest BCUT2D eigenvalue weighted by molar-refractivity contribution is -0.200. The van der Waals surface area contributed by atoms with Gasteiger partial charge in [-0.1, -0.05) is 58.6 Å². The maximum Gasteiger partial charge on any atom is 0.306 e. The van der Waals surface area contributed by atoms with Gasteiger partial charge in [0.1, 0.15) is 6.10 Å². The van der Waals surface area contributed by atoms with E-state index < -0.39 is 0 Å². The zero-order chi connectivity index (χ0) is 25.9. The molecule has 206 valence electrons. The van der Waals surface area contributed by atoms with Crippen molar-refractivity contribution in [3.8, 4) is 0 Å². The Hall–Kier alpha value is -0.870. The van der Waals surface area contributed by atoms with E-state index in [0.717, 1.165) is 57.8 Å². The molecule has 0 aromatic heterocycles. The maximum absolute atomic E-state index is 12.6. The number of hydrogen-bond acceptors (Lipinski definition) is 4. The maximum atomic E-state index is 12.6. The van der Waals surface area contributed by atoms with E-state index in [4.69, 9.17) is 4.74 Å². The zero-order valence-corrected chi connectivity index (χ0v) is 23.6. The predicted octanol–water partition coefficient (Wildman–Crippen LogP) is 7.22. The summed E-state index contributed by atoms with van der Waals surface area (Å²) in [6, 6.07) is 0. The Morgan fingerprint density at radius 3 is 2.39 bits per heavy atom. The smallest absolute Gasteiger partial charge is 0.306 e. The van der Waals surface area contributed by atoms with E-state index in [0.29, 0.717) is 36.0 Å². The molecule has 0 saturated heterocycles. The van der Waals surface area contributed by atoms with Gasteiger partial charge in [0.15, 0.2) is 0 Å². The highest BCUT2D eigenvalue weighted by atomic mass is 16.5. The minimum absolute atomic E-state index is 0.00349. The van der Waals surface area contributed by atoms with Crippen molar-refractivity contribution in [1.29, 1.82) is 0 Å². The summed E-state index contributed by atoms with van der Waals surface area (Å²) >= 11 is 0. The van der Waals surface area contributed by atoms with Crippen LogP contribution in [0.1, 0.15) is 124 Å². The van der Waals surface area contributed by atoms with Crippen LogP contribution in [-0.2, 0) is 9.53 Å². The fraction of sp³-hybridized carbons (Fsp3) is 0.906. The molecule has 36 heavy (non-hydrogen) atoms. The second-order valence-corrected chi connectivity index (χ2v) is 13.7. The fourth-order valence-corrected chi connectivity index (χ4v) is 9.30. The van der Waals surface area contributed by atoms with E-state index in [1.165, 1.54) is 32.1 Å². The molecule has 4 saturated carbocycles. The van der Waals surface area contributed by atoms with Gasteiger partial charge in [0.05, 0.1) is 12.2 Å². The molecule has 0 aliphatic heterocycles. The van der Waals surface area contributed by atoms with Gasteiger partial charge >= 0.3 is 5.97 Å². The number of hydrogen-bond donors (Lipinski definition) is 2. The molecule has 4 nitrogen and oxygen atoms in total. The molecular formula is C32H54O4. The second-order valence-electron chi connectivity index (χ2n) is 13.7. The first-order chi connectivity index (χ1) is 17.2. The summed E-state index contributed by atoms with van der Waals surface area (Å²) in [5, 5.41) is 22.7. The van der Waals surface area contributed by atoms with Crippen molar-refractivity contribution in [2.45, 2.75) is 142 Å². The Balaban J connectivity index is 1.25. The second kappa shape index (κ2) is 11.9. The van der Waals surface area contributed by atoms with Crippen LogP contribution in [-0.4, -0.2) is 34.5 Å². The first-order valence-electron chi connectivity index (χ1n) is 15.4. The van der Waals surface area contributed by atoms with Crippen LogP contribution in [0.2, 0.25) is 0 Å². The van der Waals surface area contributed by atoms with Gasteiger partial charge in [0, 0.05) is 6.42 Å². The SMILES string of the molecule is CC=CCCCCCCCCC(=O)O[C@H]1CCC2(C)C3CC(O)C4(C)C[C@H](C)C[C@@H]4[C@@H]3[C@H](O)C[C@@H]2C1. The number of unbranched alkanes of at least 4 members (excludes halogenated alkanes) is 6. The molecule has 2 N–H and O–H groups in total. The molecule has 4 aliphatic carbocycles. The number of allylic oxidation sites excluding steroid dienone is 2. The third-order valence-electron chi connectivity index (χ3n) is 11.3. The number of aliphatic hydroxyl groups is 2. The van der Waals surface area contributed by atoms with Crippen LogP contribution >= 0.6 is 0 Å². The topological polar surface area (TPSA) is 66.8 Å². The van der Waals surface area contributed by atoms with Gasteiger partial charge in [0.25, 0.3) is 0 Å². The summed E-state index contributed by atoms with van der Waals surface area (Å²) in [5.74, 6) is 2.08. The number of carbonyl (C=O) groups excluding carboxylic acids is 1. The Morgan fingerprint density at radius 1 is 0.944 bits per heavy atom. The van der Waals surface area contributed by atoms with Gasteiger partial charge < -0.3 is 14.9 Å². The zero-order valence-electron chi connectivity index (χ0n) is 23.6. The third-order valence-corrected chi connectivity index (χ3v) is 11.3. The number of aliphatic hydroxyl groups excluding tert-OH is 2. The molecule has 4 heteroatoms. The van der Waals surface area contributed by atoms with E-state index >= 15 is 0 Å². The molecule has 0 radical (unpaired) electrons. The first kappa shape index (κ1) is 28.1. The number of esters is 1. The average Bonchev–Trinajstić information content (AvgIpc) is 3.14.